The minimum atomic E-state index is -0.531. The first kappa shape index (κ1) is 16.1. The van der Waals surface area contributed by atoms with E-state index in [1.54, 1.807) is 22.9 Å². The van der Waals surface area contributed by atoms with Crippen molar-refractivity contribution in [1.82, 2.24) is 10.3 Å². The van der Waals surface area contributed by atoms with Crippen molar-refractivity contribution in [3.8, 4) is 0 Å². The summed E-state index contributed by atoms with van der Waals surface area (Å²) in [5.41, 5.74) is 2.14. The van der Waals surface area contributed by atoms with Gasteiger partial charge in [-0.3, -0.25) is 4.79 Å². The Hall–Kier alpha value is -3.41. The van der Waals surface area contributed by atoms with Crippen molar-refractivity contribution in [3.05, 3.63) is 76.9 Å². The molecule has 2 aromatic carbocycles. The zero-order chi connectivity index (χ0) is 17.9. The molecule has 2 N–H and O–H groups in total. The first-order valence-corrected chi connectivity index (χ1v) is 8.45. The van der Waals surface area contributed by atoms with Gasteiger partial charge in [-0.2, -0.15) is 9.78 Å². The van der Waals surface area contributed by atoms with Gasteiger partial charge in [0, 0.05) is 6.54 Å². The van der Waals surface area contributed by atoms with Crippen LogP contribution in [0.5, 0.6) is 0 Å². The Labute approximate surface area is 149 Å². The van der Waals surface area contributed by atoms with E-state index < -0.39 is 5.76 Å². The van der Waals surface area contributed by atoms with Crippen LogP contribution in [0.4, 0.5) is 0 Å². The van der Waals surface area contributed by atoms with Crippen molar-refractivity contribution < 1.29 is 13.8 Å². The highest BCUT2D eigenvalue weighted by molar-refractivity contribution is 5.85. The monoisotopic (exact) mass is 348 g/mol. The number of nitrogens with one attached hydrogen (secondary N) is 2. The second-order valence-corrected chi connectivity index (χ2v) is 6.10. The number of pyridine rings is 1. The third kappa shape index (κ3) is 3.21. The molecule has 0 fully saturated rings. The van der Waals surface area contributed by atoms with Gasteiger partial charge in [-0.05, 0) is 34.9 Å². The fraction of sp³-hybridized carbons (Fsp3) is 0.150. The van der Waals surface area contributed by atoms with Crippen LogP contribution in [0.2, 0.25) is 0 Å². The molecule has 0 spiro atoms. The number of rotatable bonds is 5. The van der Waals surface area contributed by atoms with E-state index in [9.17, 15) is 9.59 Å². The molecule has 0 radical (unpaired) electrons. The standard InChI is InChI=1S/C20H17N3O3/c24-18(13-23-12-4-9-17-19(23)22-20(25)26-17)21-11-10-15-7-3-6-14-5-1-2-8-16(14)15/h1-9,12H,10-11,13H2,(H,21,24)/p+1. The number of oxazole rings is 1. The Kier molecular flexibility index (Phi) is 4.23. The zero-order valence-corrected chi connectivity index (χ0v) is 14.1. The molecule has 0 saturated heterocycles. The van der Waals surface area contributed by atoms with Crippen LogP contribution in [0.3, 0.4) is 0 Å². The summed E-state index contributed by atoms with van der Waals surface area (Å²) in [5.74, 6) is -0.652. The lowest BCUT2D eigenvalue weighted by molar-refractivity contribution is -0.660. The highest BCUT2D eigenvalue weighted by atomic mass is 16.4. The second-order valence-electron chi connectivity index (χ2n) is 6.10. The normalized spacial score (nSPS) is 11.1. The Morgan fingerprint density at radius 3 is 2.85 bits per heavy atom. The smallest absolute Gasteiger partial charge is 0.383 e. The van der Waals surface area contributed by atoms with E-state index in [2.05, 4.69) is 34.6 Å². The molecule has 2 aromatic heterocycles. The maximum atomic E-state index is 12.3. The summed E-state index contributed by atoms with van der Waals surface area (Å²) < 4.78 is 6.67. The number of hydrogen-bond acceptors (Lipinski definition) is 3. The molecule has 6 nitrogen and oxygen atoms in total. The maximum Gasteiger partial charge on any atom is 0.510 e. The Bertz CT molecular complexity index is 1140. The third-order valence-electron chi connectivity index (χ3n) is 4.37. The summed E-state index contributed by atoms with van der Waals surface area (Å²) in [6, 6.07) is 17.8. The van der Waals surface area contributed by atoms with E-state index in [1.807, 2.05) is 18.2 Å². The van der Waals surface area contributed by atoms with Gasteiger partial charge >= 0.3 is 11.4 Å². The first-order valence-electron chi connectivity index (χ1n) is 8.45. The number of H-pyrrole nitrogens is 1. The van der Waals surface area contributed by atoms with E-state index in [0.29, 0.717) is 17.8 Å². The Morgan fingerprint density at radius 1 is 1.08 bits per heavy atom. The van der Waals surface area contributed by atoms with E-state index in [-0.39, 0.29) is 12.5 Å². The SMILES string of the molecule is O=C(C[n+]1cccc2oc(=O)[nH]c21)NCCc1cccc2ccccc12. The number of nitrogens with zero attached hydrogens (tertiary/aromatic N) is 1. The molecule has 26 heavy (non-hydrogen) atoms. The number of benzene rings is 2. The van der Waals surface area contributed by atoms with Gasteiger partial charge in [-0.15, -0.1) is 0 Å². The molecule has 0 aliphatic carbocycles. The summed E-state index contributed by atoms with van der Waals surface area (Å²) in [4.78, 5) is 26.2. The van der Waals surface area contributed by atoms with E-state index >= 15 is 0 Å². The van der Waals surface area contributed by atoms with Crippen molar-refractivity contribution >= 4 is 27.9 Å². The summed E-state index contributed by atoms with van der Waals surface area (Å²) in [5, 5.41) is 5.34. The highest BCUT2D eigenvalue weighted by Gasteiger charge is 2.15. The van der Waals surface area contributed by atoms with Crippen LogP contribution in [0.1, 0.15) is 5.56 Å². The predicted molar refractivity (Wildman–Crippen MR) is 97.7 cm³/mol. The number of aromatic nitrogens is 2. The predicted octanol–water partition coefficient (Wildman–Crippen LogP) is 1.92. The fourth-order valence-electron chi connectivity index (χ4n) is 3.16. The molecule has 130 valence electrons. The lowest BCUT2D eigenvalue weighted by Crippen LogP contribution is -2.43. The Morgan fingerprint density at radius 2 is 1.92 bits per heavy atom. The number of hydrogen-bond donors (Lipinski definition) is 2. The van der Waals surface area contributed by atoms with Crippen LogP contribution >= 0.6 is 0 Å². The minimum Gasteiger partial charge on any atom is -0.383 e. The van der Waals surface area contributed by atoms with Crippen LogP contribution in [-0.2, 0) is 17.8 Å². The van der Waals surface area contributed by atoms with Crippen LogP contribution in [0, 0.1) is 0 Å². The van der Waals surface area contributed by atoms with Crippen LogP contribution in [-0.4, -0.2) is 17.4 Å². The lowest BCUT2D eigenvalue weighted by atomic mass is 10.0. The van der Waals surface area contributed by atoms with E-state index in [1.165, 1.54) is 16.3 Å². The highest BCUT2D eigenvalue weighted by Crippen LogP contribution is 2.18. The summed E-state index contributed by atoms with van der Waals surface area (Å²) in [6.45, 7) is 0.660. The van der Waals surface area contributed by atoms with Gasteiger partial charge in [-0.1, -0.05) is 42.5 Å². The molecule has 0 atom stereocenters. The van der Waals surface area contributed by atoms with Gasteiger partial charge < -0.3 is 9.73 Å². The number of carbonyl (C=O) groups is 1. The van der Waals surface area contributed by atoms with Gasteiger partial charge in [0.05, 0.1) is 6.20 Å². The van der Waals surface area contributed by atoms with Crippen LogP contribution in [0.25, 0.3) is 22.0 Å². The largest absolute Gasteiger partial charge is 0.510 e. The maximum absolute atomic E-state index is 12.3. The molecule has 0 unspecified atom stereocenters. The molecule has 0 saturated carbocycles. The van der Waals surface area contributed by atoms with Crippen molar-refractivity contribution in [2.45, 2.75) is 13.0 Å². The average molecular weight is 348 g/mol. The molecule has 0 aliphatic rings. The van der Waals surface area contributed by atoms with E-state index in [0.717, 1.165) is 6.42 Å². The van der Waals surface area contributed by atoms with Crippen molar-refractivity contribution in [2.24, 2.45) is 0 Å². The van der Waals surface area contributed by atoms with Gasteiger partial charge in [0.2, 0.25) is 5.58 Å². The molecule has 1 amide bonds. The van der Waals surface area contributed by atoms with Crippen LogP contribution in [0.15, 0.2) is 70.0 Å². The van der Waals surface area contributed by atoms with E-state index in [4.69, 9.17) is 4.42 Å². The molecule has 4 rings (SSSR count). The summed E-state index contributed by atoms with van der Waals surface area (Å²) in [7, 11) is 0. The topological polar surface area (TPSA) is 79.0 Å². The second kappa shape index (κ2) is 6.84. The lowest BCUT2D eigenvalue weighted by Gasteiger charge is -2.08. The van der Waals surface area contributed by atoms with Crippen molar-refractivity contribution in [1.29, 1.82) is 0 Å². The molecule has 0 aliphatic heterocycles. The fourth-order valence-corrected chi connectivity index (χ4v) is 3.16. The van der Waals surface area contributed by atoms with Gasteiger partial charge in [0.25, 0.3) is 5.91 Å². The minimum absolute atomic E-state index is 0.113. The molecule has 6 heteroatoms. The number of fused-ring (bicyclic) bond motifs is 2. The van der Waals surface area contributed by atoms with Gasteiger partial charge in [0.15, 0.2) is 6.54 Å². The molecule has 4 aromatic rings. The average Bonchev–Trinajstić information content (AvgIpc) is 3.03. The first-order chi connectivity index (χ1) is 12.7. The molecular weight excluding hydrogens is 330 g/mol. The van der Waals surface area contributed by atoms with Gasteiger partial charge in [0.1, 0.15) is 0 Å². The number of aromatic amines is 1. The third-order valence-corrected chi connectivity index (χ3v) is 4.37. The Balaban J connectivity index is 1.41. The molecule has 0 bridgehead atoms. The van der Waals surface area contributed by atoms with Crippen molar-refractivity contribution in [2.75, 3.05) is 6.54 Å². The summed E-state index contributed by atoms with van der Waals surface area (Å²) in [6.07, 6.45) is 2.49. The number of amides is 1. The quantitative estimate of drug-likeness (QED) is 0.541. The number of carbonyl (C=O) groups excluding carboxylic acids is 1. The van der Waals surface area contributed by atoms with Crippen molar-refractivity contribution in [3.63, 3.8) is 0 Å². The molecule has 2 heterocycles. The van der Waals surface area contributed by atoms with Crippen LogP contribution < -0.4 is 15.6 Å². The molecular formula is C20H18N3O3+. The zero-order valence-electron chi connectivity index (χ0n) is 14.1. The van der Waals surface area contributed by atoms with Gasteiger partial charge in [-0.25, -0.2) is 4.57 Å². The summed E-state index contributed by atoms with van der Waals surface area (Å²) >= 11 is 0.